The van der Waals surface area contributed by atoms with Crippen molar-refractivity contribution in [3.63, 3.8) is 0 Å². The molecular weight excluding hydrogens is 414 g/mol. The van der Waals surface area contributed by atoms with Crippen molar-refractivity contribution in [2.24, 2.45) is 0 Å². The van der Waals surface area contributed by atoms with E-state index in [1.54, 1.807) is 11.3 Å². The minimum absolute atomic E-state index is 0.476. The van der Waals surface area contributed by atoms with E-state index in [1.165, 1.54) is 10.4 Å². The molecule has 2 nitrogen and oxygen atoms in total. The van der Waals surface area contributed by atoms with Crippen LogP contribution in [0, 0.1) is 0 Å². The summed E-state index contributed by atoms with van der Waals surface area (Å²) in [7, 11) is 0. The van der Waals surface area contributed by atoms with E-state index in [0.29, 0.717) is 12.6 Å². The number of nitrogens with one attached hydrogen (secondary N) is 1. The van der Waals surface area contributed by atoms with Crippen molar-refractivity contribution in [1.29, 1.82) is 0 Å². The average molecular weight is 433 g/mol. The van der Waals surface area contributed by atoms with Crippen molar-refractivity contribution in [2.45, 2.75) is 32.9 Å². The summed E-state index contributed by atoms with van der Waals surface area (Å²) in [5.41, 5.74) is 1.23. The van der Waals surface area contributed by atoms with Crippen molar-refractivity contribution < 1.29 is 4.74 Å². The van der Waals surface area contributed by atoms with Crippen LogP contribution in [0.5, 0.6) is 5.75 Å². The number of rotatable bonds is 7. The molecule has 0 aliphatic heterocycles. The van der Waals surface area contributed by atoms with Crippen molar-refractivity contribution in [3.05, 3.63) is 49.0 Å². The van der Waals surface area contributed by atoms with Crippen LogP contribution in [0.25, 0.3) is 0 Å². The fourth-order valence-electron chi connectivity index (χ4n) is 1.88. The molecule has 1 heterocycles. The van der Waals surface area contributed by atoms with Crippen LogP contribution >= 0.6 is 43.2 Å². The van der Waals surface area contributed by atoms with Crippen molar-refractivity contribution in [3.8, 4) is 5.75 Å². The first-order chi connectivity index (χ1) is 10.1. The first kappa shape index (κ1) is 17.0. The molecule has 0 bridgehead atoms. The van der Waals surface area contributed by atoms with Gasteiger partial charge in [-0.15, -0.1) is 11.3 Å². The highest BCUT2D eigenvalue weighted by Crippen LogP contribution is 2.35. The molecule has 21 heavy (non-hydrogen) atoms. The van der Waals surface area contributed by atoms with Crippen LogP contribution in [0.15, 0.2) is 38.6 Å². The van der Waals surface area contributed by atoms with Crippen LogP contribution in [-0.4, -0.2) is 12.6 Å². The van der Waals surface area contributed by atoms with Gasteiger partial charge in [0.1, 0.15) is 5.75 Å². The molecule has 0 unspecified atom stereocenters. The quantitative estimate of drug-likeness (QED) is 0.632. The molecule has 0 spiro atoms. The Hall–Kier alpha value is -0.360. The molecule has 1 N–H and O–H groups in total. The monoisotopic (exact) mass is 431 g/mol. The van der Waals surface area contributed by atoms with Crippen LogP contribution in [0.1, 0.15) is 24.3 Å². The molecule has 0 aliphatic rings. The molecule has 5 heteroatoms. The van der Waals surface area contributed by atoms with E-state index >= 15 is 0 Å². The summed E-state index contributed by atoms with van der Waals surface area (Å²) in [6, 6.07) is 8.91. The molecule has 0 fully saturated rings. The predicted molar refractivity (Wildman–Crippen MR) is 97.3 cm³/mol. The summed E-state index contributed by atoms with van der Waals surface area (Å²) in [6.45, 7) is 5.82. The summed E-state index contributed by atoms with van der Waals surface area (Å²) >= 11 is 8.97. The Kier molecular flexibility index (Phi) is 6.74. The van der Waals surface area contributed by atoms with Crippen LogP contribution in [0.2, 0.25) is 0 Å². The van der Waals surface area contributed by atoms with E-state index in [1.807, 2.05) is 0 Å². The summed E-state index contributed by atoms with van der Waals surface area (Å²) in [5, 5.41) is 5.51. The third kappa shape index (κ3) is 5.40. The summed E-state index contributed by atoms with van der Waals surface area (Å²) < 4.78 is 7.89. The average Bonchev–Trinajstić information content (AvgIpc) is 2.92. The molecule has 0 saturated carbocycles. The number of hydrogen-bond donors (Lipinski definition) is 1. The van der Waals surface area contributed by atoms with Gasteiger partial charge >= 0.3 is 0 Å². The van der Waals surface area contributed by atoms with Gasteiger partial charge in [-0.3, -0.25) is 0 Å². The van der Waals surface area contributed by atoms with Gasteiger partial charge in [-0.25, -0.2) is 0 Å². The molecule has 0 aliphatic carbocycles. The second-order valence-electron chi connectivity index (χ2n) is 5.10. The first-order valence-electron chi connectivity index (χ1n) is 6.92. The van der Waals surface area contributed by atoms with E-state index in [0.717, 1.165) is 27.7 Å². The normalized spacial score (nSPS) is 11.1. The lowest BCUT2D eigenvalue weighted by atomic mass is 10.2. The zero-order valence-corrected chi connectivity index (χ0v) is 16.1. The Balaban J connectivity index is 1.96. The van der Waals surface area contributed by atoms with E-state index in [2.05, 4.69) is 80.7 Å². The molecule has 2 aromatic rings. The maximum absolute atomic E-state index is 5.91. The van der Waals surface area contributed by atoms with Crippen LogP contribution in [0.4, 0.5) is 0 Å². The lowest BCUT2D eigenvalue weighted by molar-refractivity contribution is 0.319. The lowest BCUT2D eigenvalue weighted by Gasteiger charge is -2.13. The summed E-state index contributed by atoms with van der Waals surface area (Å²) in [4.78, 5) is 1.35. The molecule has 2 rings (SSSR count). The van der Waals surface area contributed by atoms with Crippen molar-refractivity contribution in [1.82, 2.24) is 5.32 Å². The van der Waals surface area contributed by atoms with Crippen LogP contribution in [0.3, 0.4) is 0 Å². The van der Waals surface area contributed by atoms with Gasteiger partial charge in [0.25, 0.3) is 0 Å². The molecule has 114 valence electrons. The van der Waals surface area contributed by atoms with Gasteiger partial charge in [0, 0.05) is 23.9 Å². The first-order valence-corrected chi connectivity index (χ1v) is 9.39. The summed E-state index contributed by atoms with van der Waals surface area (Å²) in [6.07, 6.45) is 0.938. The number of ether oxygens (including phenoxy) is 1. The van der Waals surface area contributed by atoms with E-state index < -0.39 is 0 Å². The third-order valence-electron chi connectivity index (χ3n) is 2.95. The number of halogens is 2. The van der Waals surface area contributed by atoms with Gasteiger partial charge in [0.05, 0.1) is 15.6 Å². The van der Waals surface area contributed by atoms with Gasteiger partial charge in [-0.05, 0) is 61.0 Å². The van der Waals surface area contributed by atoms with Gasteiger partial charge in [0.15, 0.2) is 0 Å². The highest BCUT2D eigenvalue weighted by molar-refractivity contribution is 9.11. The molecule has 0 amide bonds. The van der Waals surface area contributed by atoms with Crippen molar-refractivity contribution >= 4 is 43.2 Å². The Labute approximate surface area is 147 Å². The fourth-order valence-corrected chi connectivity index (χ4v) is 4.08. The van der Waals surface area contributed by atoms with Crippen LogP contribution < -0.4 is 10.1 Å². The van der Waals surface area contributed by atoms with E-state index in [4.69, 9.17) is 4.74 Å². The summed E-state index contributed by atoms with van der Waals surface area (Å²) in [5.74, 6) is 0.875. The zero-order chi connectivity index (χ0) is 15.2. The molecule has 1 aromatic heterocycles. The van der Waals surface area contributed by atoms with Gasteiger partial charge in [-0.1, -0.05) is 19.9 Å². The fraction of sp³-hybridized carbons (Fsp3) is 0.375. The van der Waals surface area contributed by atoms with E-state index in [-0.39, 0.29) is 0 Å². The standard InChI is InChI=1S/C16H19Br2NOS/c1-11(2)19-10-12-8-14(17)16(15(18)9-12)20-6-5-13-4-3-7-21-13/h3-4,7-9,11,19H,5-6,10H2,1-2H3. The third-order valence-corrected chi connectivity index (χ3v) is 5.06. The molecular formula is C16H19Br2NOS. The van der Waals surface area contributed by atoms with Gasteiger partial charge in [-0.2, -0.15) is 0 Å². The molecule has 0 saturated heterocycles. The predicted octanol–water partition coefficient (Wildman–Crippen LogP) is 5.39. The Bertz CT molecular complexity index is 547. The minimum Gasteiger partial charge on any atom is -0.491 e. The largest absolute Gasteiger partial charge is 0.491 e. The van der Waals surface area contributed by atoms with Crippen molar-refractivity contribution in [2.75, 3.05) is 6.61 Å². The SMILES string of the molecule is CC(C)NCc1cc(Br)c(OCCc2cccs2)c(Br)c1. The zero-order valence-electron chi connectivity index (χ0n) is 12.2. The maximum atomic E-state index is 5.91. The van der Waals surface area contributed by atoms with Gasteiger partial charge in [0.2, 0.25) is 0 Å². The number of hydrogen-bond acceptors (Lipinski definition) is 3. The second-order valence-corrected chi connectivity index (χ2v) is 7.84. The maximum Gasteiger partial charge on any atom is 0.147 e. The highest BCUT2D eigenvalue weighted by atomic mass is 79.9. The second kappa shape index (κ2) is 8.32. The number of thiophene rings is 1. The lowest BCUT2D eigenvalue weighted by Crippen LogP contribution is -2.21. The number of benzene rings is 1. The van der Waals surface area contributed by atoms with E-state index in [9.17, 15) is 0 Å². The Morgan fingerprint density at radius 2 is 1.95 bits per heavy atom. The minimum atomic E-state index is 0.476. The topological polar surface area (TPSA) is 21.3 Å². The highest BCUT2D eigenvalue weighted by Gasteiger charge is 2.09. The molecule has 1 aromatic carbocycles. The van der Waals surface area contributed by atoms with Crippen LogP contribution in [-0.2, 0) is 13.0 Å². The Morgan fingerprint density at radius 3 is 2.52 bits per heavy atom. The molecule has 0 radical (unpaired) electrons. The van der Waals surface area contributed by atoms with Gasteiger partial charge < -0.3 is 10.1 Å². The molecule has 0 atom stereocenters. The smallest absolute Gasteiger partial charge is 0.147 e. The Morgan fingerprint density at radius 1 is 1.24 bits per heavy atom.